The Morgan fingerprint density at radius 2 is 1.86 bits per heavy atom. The molecule has 4 nitrogen and oxygen atoms in total. The van der Waals surface area contributed by atoms with Gasteiger partial charge < -0.3 is 9.79 Å². The molecule has 0 aliphatic rings. The number of hydrogen-bond donors (Lipinski definition) is 2. The Labute approximate surface area is 106 Å². The Hall–Kier alpha value is 0.610. The Morgan fingerprint density at radius 1 is 1.29 bits per heavy atom. The van der Waals surface area contributed by atoms with E-state index in [-0.39, 0.29) is 0 Å². The molecule has 1 aromatic carbocycles. The van der Waals surface area contributed by atoms with Crippen LogP contribution in [0, 0.1) is 0 Å². The molecule has 0 aliphatic heterocycles. The second-order valence-electron chi connectivity index (χ2n) is 2.35. The van der Waals surface area contributed by atoms with E-state index in [9.17, 15) is 4.57 Å². The van der Waals surface area contributed by atoms with E-state index in [2.05, 4.69) is 48.0 Å². The van der Waals surface area contributed by atoms with Gasteiger partial charge in [0.25, 0.3) is 0 Å². The highest BCUT2D eigenvalue weighted by Gasteiger charge is 2.25. The average molecular weight is 410 g/mol. The summed E-state index contributed by atoms with van der Waals surface area (Å²) in [6.07, 6.45) is 0. The van der Waals surface area contributed by atoms with Crippen molar-refractivity contribution in [1.82, 2.24) is 0 Å². The molecule has 0 saturated heterocycles. The number of halogens is 3. The van der Waals surface area contributed by atoms with Gasteiger partial charge in [-0.3, -0.25) is 0 Å². The minimum atomic E-state index is -4.33. The topological polar surface area (TPSA) is 60.8 Å². The molecule has 0 saturated carbocycles. The fourth-order valence-electron chi connectivity index (χ4n) is 0.775. The van der Waals surface area contributed by atoms with Crippen LogP contribution in [0.15, 0.2) is 27.1 Å². The number of nitrogens with zero attached hydrogens (tertiary/aromatic N) is 1. The number of anilines is 1. The molecule has 0 heterocycles. The lowest BCUT2D eigenvalue weighted by molar-refractivity contribution is 0.376. The van der Waals surface area contributed by atoms with Crippen LogP contribution in [-0.2, 0) is 4.57 Å². The SMILES string of the molecule is O=P(O)(O)N(Br)c1cccc(Br)c1Br. The maximum Gasteiger partial charge on any atom is 0.440 e. The van der Waals surface area contributed by atoms with Crippen LogP contribution in [0.25, 0.3) is 0 Å². The van der Waals surface area contributed by atoms with E-state index in [0.29, 0.717) is 14.6 Å². The normalized spacial score (nSPS) is 11.5. The smallest absolute Gasteiger partial charge is 0.307 e. The maximum absolute atomic E-state index is 10.9. The summed E-state index contributed by atoms with van der Waals surface area (Å²) >= 11 is 9.26. The van der Waals surface area contributed by atoms with Gasteiger partial charge in [-0.15, -0.1) is 0 Å². The molecule has 0 aromatic heterocycles. The fourth-order valence-corrected chi connectivity index (χ4v) is 2.69. The van der Waals surface area contributed by atoms with Crippen molar-refractivity contribution in [3.05, 3.63) is 27.1 Å². The van der Waals surface area contributed by atoms with E-state index in [0.717, 1.165) is 3.70 Å². The van der Waals surface area contributed by atoms with Crippen LogP contribution < -0.4 is 3.70 Å². The summed E-state index contributed by atoms with van der Waals surface area (Å²) in [6.45, 7) is 0. The molecule has 0 spiro atoms. The monoisotopic (exact) mass is 407 g/mol. The Kier molecular flexibility index (Phi) is 4.20. The lowest BCUT2D eigenvalue weighted by atomic mass is 10.3. The van der Waals surface area contributed by atoms with Crippen molar-refractivity contribution in [2.45, 2.75) is 0 Å². The molecule has 78 valence electrons. The molecular weight excluding hydrogens is 405 g/mol. The molecule has 2 N–H and O–H groups in total. The second-order valence-corrected chi connectivity index (χ2v) is 6.68. The third-order valence-corrected chi connectivity index (χ3v) is 5.68. The molecule has 0 fully saturated rings. The van der Waals surface area contributed by atoms with Crippen molar-refractivity contribution in [2.24, 2.45) is 0 Å². The molecule has 14 heavy (non-hydrogen) atoms. The van der Waals surface area contributed by atoms with Gasteiger partial charge in [-0.05, 0) is 44.0 Å². The van der Waals surface area contributed by atoms with Gasteiger partial charge in [-0.1, -0.05) is 6.07 Å². The first-order valence-corrected chi connectivity index (χ1v) is 7.16. The van der Waals surface area contributed by atoms with E-state index in [1.54, 1.807) is 18.2 Å². The minimum absolute atomic E-state index is 0.354. The van der Waals surface area contributed by atoms with Crippen molar-refractivity contribution in [2.75, 3.05) is 3.70 Å². The number of hydrogen-bond acceptors (Lipinski definition) is 1. The standard InChI is InChI=1S/C6H5Br3NO3P/c7-4-2-1-3-5(6(4)8)10(9)14(11,12)13/h1-3H,(H2,11,12,13). The summed E-state index contributed by atoms with van der Waals surface area (Å²) < 4.78 is 12.9. The summed E-state index contributed by atoms with van der Waals surface area (Å²) in [4.78, 5) is 17.8. The van der Waals surface area contributed by atoms with Gasteiger partial charge in [0.15, 0.2) is 0 Å². The van der Waals surface area contributed by atoms with Crippen molar-refractivity contribution in [3.8, 4) is 0 Å². The van der Waals surface area contributed by atoms with Crippen LogP contribution in [0.5, 0.6) is 0 Å². The predicted molar refractivity (Wildman–Crippen MR) is 65.3 cm³/mol. The van der Waals surface area contributed by atoms with E-state index in [1.807, 2.05) is 0 Å². The van der Waals surface area contributed by atoms with E-state index >= 15 is 0 Å². The first-order chi connectivity index (χ1) is 6.34. The van der Waals surface area contributed by atoms with Gasteiger partial charge in [0, 0.05) is 4.47 Å². The van der Waals surface area contributed by atoms with Crippen molar-refractivity contribution >= 4 is 61.4 Å². The summed E-state index contributed by atoms with van der Waals surface area (Å²) in [7, 11) is -4.33. The fraction of sp³-hybridized carbons (Fsp3) is 0. The molecule has 1 aromatic rings. The molecule has 0 atom stereocenters. The highest BCUT2D eigenvalue weighted by molar-refractivity contribution is 9.13. The van der Waals surface area contributed by atoms with Crippen LogP contribution in [0.3, 0.4) is 0 Å². The maximum atomic E-state index is 10.9. The third-order valence-electron chi connectivity index (χ3n) is 1.36. The molecule has 0 radical (unpaired) electrons. The van der Waals surface area contributed by atoms with Crippen LogP contribution in [0.2, 0.25) is 0 Å². The molecule has 0 bridgehead atoms. The number of rotatable bonds is 2. The number of benzene rings is 1. The van der Waals surface area contributed by atoms with Crippen LogP contribution in [-0.4, -0.2) is 9.79 Å². The first kappa shape index (κ1) is 12.7. The van der Waals surface area contributed by atoms with Gasteiger partial charge in [-0.2, -0.15) is 0 Å². The highest BCUT2D eigenvalue weighted by atomic mass is 79.9. The Bertz CT molecular complexity index is 394. The molecule has 0 amide bonds. The van der Waals surface area contributed by atoms with Crippen LogP contribution in [0.4, 0.5) is 5.69 Å². The Morgan fingerprint density at radius 3 is 2.36 bits per heavy atom. The largest absolute Gasteiger partial charge is 0.440 e. The van der Waals surface area contributed by atoms with E-state index in [4.69, 9.17) is 9.79 Å². The molecule has 0 aliphatic carbocycles. The van der Waals surface area contributed by atoms with Crippen molar-refractivity contribution in [3.63, 3.8) is 0 Å². The lowest BCUT2D eigenvalue weighted by Crippen LogP contribution is -2.05. The summed E-state index contributed by atoms with van der Waals surface area (Å²) in [5.74, 6) is 0. The van der Waals surface area contributed by atoms with Crippen molar-refractivity contribution < 1.29 is 14.4 Å². The quantitative estimate of drug-likeness (QED) is 0.580. The lowest BCUT2D eigenvalue weighted by Gasteiger charge is -2.18. The molecule has 8 heteroatoms. The minimum Gasteiger partial charge on any atom is -0.307 e. The van der Waals surface area contributed by atoms with Gasteiger partial charge in [-0.25, -0.2) is 8.26 Å². The van der Waals surface area contributed by atoms with Crippen LogP contribution in [0.1, 0.15) is 0 Å². The molecule has 1 rings (SSSR count). The van der Waals surface area contributed by atoms with Gasteiger partial charge in [0.05, 0.1) is 26.3 Å². The molecule has 0 unspecified atom stereocenters. The highest BCUT2D eigenvalue weighted by Crippen LogP contribution is 2.49. The third kappa shape index (κ3) is 2.81. The summed E-state index contributed by atoms with van der Waals surface area (Å²) in [5.41, 5.74) is 0.354. The zero-order valence-electron chi connectivity index (χ0n) is 6.56. The van der Waals surface area contributed by atoms with Gasteiger partial charge in [0.1, 0.15) is 0 Å². The zero-order valence-corrected chi connectivity index (χ0v) is 12.2. The van der Waals surface area contributed by atoms with Gasteiger partial charge >= 0.3 is 7.75 Å². The second kappa shape index (κ2) is 4.63. The van der Waals surface area contributed by atoms with E-state index < -0.39 is 7.75 Å². The summed E-state index contributed by atoms with van der Waals surface area (Å²) in [5, 5.41) is 0. The molecular formula is C6H5Br3NO3P. The summed E-state index contributed by atoms with van der Waals surface area (Å²) in [6, 6.07) is 5.00. The zero-order chi connectivity index (χ0) is 10.9. The predicted octanol–water partition coefficient (Wildman–Crippen LogP) is 3.42. The van der Waals surface area contributed by atoms with E-state index in [1.165, 1.54) is 0 Å². The van der Waals surface area contributed by atoms with Crippen molar-refractivity contribution in [1.29, 1.82) is 0 Å². The Balaban J connectivity index is 3.21. The van der Waals surface area contributed by atoms with Crippen LogP contribution >= 0.6 is 55.8 Å². The first-order valence-electron chi connectivity index (χ1n) is 3.30. The average Bonchev–Trinajstić information content (AvgIpc) is 2.07. The van der Waals surface area contributed by atoms with Gasteiger partial charge in [0.2, 0.25) is 0 Å².